The molecule has 6 nitrogen and oxygen atoms in total. The second-order valence-electron chi connectivity index (χ2n) is 4.04. The molecule has 17 heavy (non-hydrogen) atoms. The third-order valence-electron chi connectivity index (χ3n) is 2.59. The number of carbonyl (C=O) groups excluding carboxylic acids is 1. The minimum atomic E-state index is -0.225. The first-order valence-electron chi connectivity index (χ1n) is 5.30. The second kappa shape index (κ2) is 4.04. The highest BCUT2D eigenvalue weighted by Crippen LogP contribution is 2.10. The molecule has 6 heteroatoms. The molecule has 0 radical (unpaired) electrons. The molecule has 2 aromatic rings. The number of hydrogen-bond acceptors (Lipinski definition) is 3. The molecule has 0 aliphatic rings. The lowest BCUT2D eigenvalue weighted by Gasteiger charge is -2.02. The minimum absolute atomic E-state index is 0.225. The molecular weight excluding hydrogens is 218 g/mol. The van der Waals surface area contributed by atoms with E-state index in [1.807, 2.05) is 19.9 Å². The van der Waals surface area contributed by atoms with Crippen LogP contribution in [0.5, 0.6) is 0 Å². The number of aryl methyl sites for hydroxylation is 4. The van der Waals surface area contributed by atoms with Gasteiger partial charge >= 0.3 is 0 Å². The van der Waals surface area contributed by atoms with E-state index < -0.39 is 0 Å². The van der Waals surface area contributed by atoms with Crippen molar-refractivity contribution in [1.29, 1.82) is 0 Å². The van der Waals surface area contributed by atoms with Crippen molar-refractivity contribution in [2.24, 2.45) is 14.1 Å². The Morgan fingerprint density at radius 2 is 1.88 bits per heavy atom. The number of anilines is 1. The summed E-state index contributed by atoms with van der Waals surface area (Å²) in [7, 11) is 3.59. The molecule has 0 saturated heterocycles. The van der Waals surface area contributed by atoms with E-state index >= 15 is 0 Å². The van der Waals surface area contributed by atoms with Crippen LogP contribution in [0.15, 0.2) is 12.1 Å². The predicted molar refractivity (Wildman–Crippen MR) is 63.8 cm³/mol. The molecule has 0 saturated carbocycles. The molecule has 2 aromatic heterocycles. The van der Waals surface area contributed by atoms with Crippen molar-refractivity contribution < 1.29 is 4.79 Å². The van der Waals surface area contributed by atoms with E-state index in [4.69, 9.17) is 0 Å². The van der Waals surface area contributed by atoms with E-state index in [0.29, 0.717) is 11.5 Å². The summed E-state index contributed by atoms with van der Waals surface area (Å²) in [6, 6.07) is 3.56. The number of nitrogens with zero attached hydrogens (tertiary/aromatic N) is 4. The SMILES string of the molecule is Cc1cc(NC(=O)c2cc(C)n(C)n2)n(C)n1. The maximum atomic E-state index is 11.9. The van der Waals surface area contributed by atoms with Crippen molar-refractivity contribution in [3.8, 4) is 0 Å². The van der Waals surface area contributed by atoms with Crippen LogP contribution in [-0.4, -0.2) is 25.5 Å². The van der Waals surface area contributed by atoms with Crippen molar-refractivity contribution in [2.45, 2.75) is 13.8 Å². The van der Waals surface area contributed by atoms with Gasteiger partial charge in [0.15, 0.2) is 5.69 Å². The molecule has 0 bridgehead atoms. The van der Waals surface area contributed by atoms with E-state index in [1.165, 1.54) is 0 Å². The molecular formula is C11H15N5O. The number of amides is 1. The number of aromatic nitrogens is 4. The van der Waals surface area contributed by atoms with Crippen LogP contribution in [0.25, 0.3) is 0 Å². The molecule has 0 aliphatic carbocycles. The van der Waals surface area contributed by atoms with Crippen LogP contribution in [0.3, 0.4) is 0 Å². The monoisotopic (exact) mass is 233 g/mol. The molecule has 0 spiro atoms. The summed E-state index contributed by atoms with van der Waals surface area (Å²) in [5.41, 5.74) is 2.21. The lowest BCUT2D eigenvalue weighted by Crippen LogP contribution is -2.15. The first kappa shape index (κ1) is 11.4. The quantitative estimate of drug-likeness (QED) is 0.842. The van der Waals surface area contributed by atoms with Crippen molar-refractivity contribution in [3.05, 3.63) is 29.2 Å². The van der Waals surface area contributed by atoms with Gasteiger partial charge in [0.05, 0.1) is 5.69 Å². The van der Waals surface area contributed by atoms with E-state index in [1.54, 1.807) is 29.5 Å². The topological polar surface area (TPSA) is 64.7 Å². The Kier molecular flexibility index (Phi) is 2.71. The summed E-state index contributed by atoms with van der Waals surface area (Å²) >= 11 is 0. The maximum Gasteiger partial charge on any atom is 0.277 e. The highest BCUT2D eigenvalue weighted by atomic mass is 16.2. The van der Waals surface area contributed by atoms with E-state index in [2.05, 4.69) is 15.5 Å². The molecule has 0 unspecified atom stereocenters. The first-order chi connectivity index (χ1) is 7.97. The fraction of sp³-hybridized carbons (Fsp3) is 0.364. The normalized spacial score (nSPS) is 10.6. The minimum Gasteiger partial charge on any atom is -0.305 e. The predicted octanol–water partition coefficient (Wildman–Crippen LogP) is 1.02. The maximum absolute atomic E-state index is 11.9. The molecule has 0 atom stereocenters. The van der Waals surface area contributed by atoms with Gasteiger partial charge in [0.25, 0.3) is 5.91 Å². The average molecular weight is 233 g/mol. The van der Waals surface area contributed by atoms with Gasteiger partial charge in [0.1, 0.15) is 5.82 Å². The highest BCUT2D eigenvalue weighted by Gasteiger charge is 2.13. The largest absolute Gasteiger partial charge is 0.305 e. The van der Waals surface area contributed by atoms with Crippen LogP contribution in [0.2, 0.25) is 0 Å². The molecule has 0 aliphatic heterocycles. The Labute approximate surface area is 99.2 Å². The molecule has 2 heterocycles. The van der Waals surface area contributed by atoms with Crippen LogP contribution < -0.4 is 5.32 Å². The van der Waals surface area contributed by atoms with Gasteiger partial charge in [-0.3, -0.25) is 14.2 Å². The standard InChI is InChI=1S/C11H15N5O/c1-7-5-10(16(4)13-7)12-11(17)9-6-8(2)15(3)14-9/h5-6H,1-4H3,(H,12,17). The Balaban J connectivity index is 2.19. The van der Waals surface area contributed by atoms with E-state index in [-0.39, 0.29) is 5.91 Å². The van der Waals surface area contributed by atoms with Gasteiger partial charge < -0.3 is 5.32 Å². The van der Waals surface area contributed by atoms with Crippen LogP contribution in [0, 0.1) is 13.8 Å². The summed E-state index contributed by atoms with van der Waals surface area (Å²) in [6.07, 6.45) is 0. The zero-order chi connectivity index (χ0) is 12.6. The number of carbonyl (C=O) groups is 1. The number of nitrogens with one attached hydrogen (secondary N) is 1. The van der Waals surface area contributed by atoms with Gasteiger partial charge in [-0.25, -0.2) is 0 Å². The summed E-state index contributed by atoms with van der Waals surface area (Å²) in [6.45, 7) is 3.78. The lowest BCUT2D eigenvalue weighted by atomic mass is 10.3. The fourth-order valence-electron chi connectivity index (χ4n) is 1.58. The van der Waals surface area contributed by atoms with Crippen LogP contribution in [-0.2, 0) is 14.1 Å². The number of rotatable bonds is 2. The average Bonchev–Trinajstić information content (AvgIpc) is 2.72. The summed E-state index contributed by atoms with van der Waals surface area (Å²) in [5, 5.41) is 11.0. The summed E-state index contributed by atoms with van der Waals surface area (Å²) < 4.78 is 3.30. The molecule has 1 amide bonds. The van der Waals surface area contributed by atoms with Crippen LogP contribution >= 0.6 is 0 Å². The molecule has 90 valence electrons. The van der Waals surface area contributed by atoms with Crippen molar-refractivity contribution in [3.63, 3.8) is 0 Å². The first-order valence-corrected chi connectivity index (χ1v) is 5.30. The van der Waals surface area contributed by atoms with Gasteiger partial charge in [-0.05, 0) is 19.9 Å². The van der Waals surface area contributed by atoms with E-state index in [9.17, 15) is 4.79 Å². The Morgan fingerprint density at radius 1 is 1.18 bits per heavy atom. The lowest BCUT2D eigenvalue weighted by molar-refractivity contribution is 0.102. The smallest absolute Gasteiger partial charge is 0.277 e. The Bertz CT molecular complexity index is 547. The van der Waals surface area contributed by atoms with Crippen LogP contribution in [0.4, 0.5) is 5.82 Å². The summed E-state index contributed by atoms with van der Waals surface area (Å²) in [5.74, 6) is 0.438. The molecule has 0 fully saturated rings. The van der Waals surface area contributed by atoms with Gasteiger partial charge in [0.2, 0.25) is 0 Å². The Morgan fingerprint density at radius 3 is 2.35 bits per heavy atom. The van der Waals surface area contributed by atoms with Gasteiger partial charge in [-0.15, -0.1) is 0 Å². The van der Waals surface area contributed by atoms with Gasteiger partial charge in [-0.2, -0.15) is 10.2 Å². The fourth-order valence-corrected chi connectivity index (χ4v) is 1.58. The Hall–Kier alpha value is -2.11. The zero-order valence-corrected chi connectivity index (χ0v) is 10.4. The number of hydrogen-bond donors (Lipinski definition) is 1. The molecule has 2 rings (SSSR count). The van der Waals surface area contributed by atoms with Crippen molar-refractivity contribution in [2.75, 3.05) is 5.32 Å². The van der Waals surface area contributed by atoms with Crippen molar-refractivity contribution in [1.82, 2.24) is 19.6 Å². The van der Waals surface area contributed by atoms with Gasteiger partial charge in [-0.1, -0.05) is 0 Å². The zero-order valence-electron chi connectivity index (χ0n) is 10.4. The molecule has 1 N–H and O–H groups in total. The van der Waals surface area contributed by atoms with Crippen molar-refractivity contribution >= 4 is 11.7 Å². The van der Waals surface area contributed by atoms with E-state index in [0.717, 1.165) is 11.4 Å². The van der Waals surface area contributed by atoms with Gasteiger partial charge in [0, 0.05) is 25.9 Å². The third-order valence-corrected chi connectivity index (χ3v) is 2.59. The summed E-state index contributed by atoms with van der Waals surface area (Å²) in [4.78, 5) is 11.9. The van der Waals surface area contributed by atoms with Crippen LogP contribution in [0.1, 0.15) is 21.9 Å². The third kappa shape index (κ3) is 2.20. The second-order valence-corrected chi connectivity index (χ2v) is 4.04. The highest BCUT2D eigenvalue weighted by molar-refractivity contribution is 6.02. The molecule has 0 aromatic carbocycles.